The summed E-state index contributed by atoms with van der Waals surface area (Å²) < 4.78 is 54.6. The highest BCUT2D eigenvalue weighted by Crippen LogP contribution is 2.30. The van der Waals surface area contributed by atoms with Crippen molar-refractivity contribution in [3.8, 4) is 0 Å². The monoisotopic (exact) mass is 380 g/mol. The summed E-state index contributed by atoms with van der Waals surface area (Å²) in [5, 5.41) is 7.04. The number of alkyl halides is 3. The Morgan fingerprint density at radius 1 is 1.19 bits per heavy atom. The van der Waals surface area contributed by atoms with Gasteiger partial charge in [-0.05, 0) is 25.0 Å². The van der Waals surface area contributed by atoms with Gasteiger partial charge in [-0.2, -0.15) is 27.8 Å². The van der Waals surface area contributed by atoms with E-state index < -0.39 is 11.9 Å². The third-order valence-electron chi connectivity index (χ3n) is 4.51. The highest BCUT2D eigenvalue weighted by Gasteiger charge is 2.34. The van der Waals surface area contributed by atoms with Crippen LogP contribution in [-0.4, -0.2) is 38.7 Å². The summed E-state index contributed by atoms with van der Waals surface area (Å²) in [6.45, 7) is 1.14. The highest BCUT2D eigenvalue weighted by atomic mass is 19.4. The number of halogens is 4. The zero-order valence-electron chi connectivity index (χ0n) is 14.1. The summed E-state index contributed by atoms with van der Waals surface area (Å²) in [5.41, 5.74) is -0.548. The SMILES string of the molecule is Fc1ccccc1N1CCCC(Nc2cc(C(F)(F)F)nc3ncnn23)C1. The second-order valence-corrected chi connectivity index (χ2v) is 6.38. The fraction of sp³-hybridized carbons (Fsp3) is 0.353. The van der Waals surface area contributed by atoms with Crippen LogP contribution in [0.3, 0.4) is 0 Å². The fourth-order valence-electron chi connectivity index (χ4n) is 3.29. The standard InChI is InChI=1S/C17H16F4N6/c18-12-5-1-2-6-13(12)26-7-3-4-11(9-26)24-15-8-14(17(19,20)21)25-16-22-10-23-27(15)16/h1-2,5-6,8,10-11,24H,3-4,7,9H2. The van der Waals surface area contributed by atoms with E-state index >= 15 is 0 Å². The number of fused-ring (bicyclic) bond motifs is 1. The average Bonchev–Trinajstić information content (AvgIpc) is 3.11. The molecule has 1 N–H and O–H groups in total. The predicted molar refractivity (Wildman–Crippen MR) is 91.0 cm³/mol. The molecule has 1 unspecified atom stereocenters. The smallest absolute Gasteiger partial charge is 0.367 e. The Bertz CT molecular complexity index is 954. The normalized spacial score (nSPS) is 18.1. The van der Waals surface area contributed by atoms with Crippen molar-refractivity contribution >= 4 is 17.3 Å². The Hall–Kier alpha value is -2.91. The zero-order chi connectivity index (χ0) is 19.0. The van der Waals surface area contributed by atoms with E-state index in [1.807, 2.05) is 4.90 Å². The Balaban J connectivity index is 1.60. The molecule has 142 valence electrons. The number of piperidine rings is 1. The number of para-hydroxylation sites is 1. The van der Waals surface area contributed by atoms with E-state index in [1.54, 1.807) is 18.2 Å². The van der Waals surface area contributed by atoms with E-state index in [-0.39, 0.29) is 23.5 Å². The van der Waals surface area contributed by atoms with Gasteiger partial charge >= 0.3 is 6.18 Å². The topological polar surface area (TPSA) is 58.3 Å². The van der Waals surface area contributed by atoms with Crippen LogP contribution in [0.2, 0.25) is 0 Å². The summed E-state index contributed by atoms with van der Waals surface area (Å²) in [6, 6.07) is 7.21. The van der Waals surface area contributed by atoms with Gasteiger partial charge in [-0.25, -0.2) is 9.37 Å². The summed E-state index contributed by atoms with van der Waals surface area (Å²) >= 11 is 0. The van der Waals surface area contributed by atoms with Gasteiger partial charge in [-0.3, -0.25) is 0 Å². The maximum absolute atomic E-state index is 14.1. The molecule has 1 fully saturated rings. The van der Waals surface area contributed by atoms with Gasteiger partial charge in [0.05, 0.1) is 5.69 Å². The molecule has 1 aliphatic rings. The molecule has 4 rings (SSSR count). The van der Waals surface area contributed by atoms with Crippen LogP contribution in [0.4, 0.5) is 29.1 Å². The van der Waals surface area contributed by atoms with Crippen molar-refractivity contribution in [2.24, 2.45) is 0 Å². The molecule has 0 radical (unpaired) electrons. The third-order valence-corrected chi connectivity index (χ3v) is 4.51. The van der Waals surface area contributed by atoms with E-state index in [0.29, 0.717) is 18.8 Å². The molecule has 0 aliphatic carbocycles. The van der Waals surface area contributed by atoms with Crippen LogP contribution in [0.15, 0.2) is 36.7 Å². The lowest BCUT2D eigenvalue weighted by Gasteiger charge is -2.35. The van der Waals surface area contributed by atoms with Gasteiger partial charge in [0.2, 0.25) is 0 Å². The molecular weight excluding hydrogens is 364 g/mol. The van der Waals surface area contributed by atoms with Crippen LogP contribution in [0, 0.1) is 5.82 Å². The number of hydrogen-bond acceptors (Lipinski definition) is 5. The number of benzene rings is 1. The largest absolute Gasteiger partial charge is 0.433 e. The van der Waals surface area contributed by atoms with Crippen LogP contribution in [0.25, 0.3) is 5.78 Å². The van der Waals surface area contributed by atoms with Crippen molar-refractivity contribution in [3.63, 3.8) is 0 Å². The van der Waals surface area contributed by atoms with Gasteiger partial charge in [0.1, 0.15) is 18.0 Å². The van der Waals surface area contributed by atoms with Crippen LogP contribution in [0.5, 0.6) is 0 Å². The minimum atomic E-state index is -4.59. The molecule has 3 heterocycles. The number of aromatic nitrogens is 4. The van der Waals surface area contributed by atoms with Crippen LogP contribution < -0.4 is 10.2 Å². The summed E-state index contributed by atoms with van der Waals surface area (Å²) in [6.07, 6.45) is -1.91. The number of anilines is 2. The van der Waals surface area contributed by atoms with Gasteiger partial charge in [0, 0.05) is 25.2 Å². The highest BCUT2D eigenvalue weighted by molar-refractivity contribution is 5.50. The lowest BCUT2D eigenvalue weighted by atomic mass is 10.0. The van der Waals surface area contributed by atoms with E-state index in [0.717, 1.165) is 25.2 Å². The van der Waals surface area contributed by atoms with Crippen molar-refractivity contribution in [2.45, 2.75) is 25.1 Å². The first-order valence-electron chi connectivity index (χ1n) is 8.46. The van der Waals surface area contributed by atoms with Crippen LogP contribution >= 0.6 is 0 Å². The average molecular weight is 380 g/mol. The van der Waals surface area contributed by atoms with Crippen molar-refractivity contribution in [1.82, 2.24) is 19.6 Å². The van der Waals surface area contributed by atoms with E-state index in [2.05, 4.69) is 20.4 Å². The molecule has 1 aromatic carbocycles. The Kier molecular flexibility index (Phi) is 4.33. The molecule has 0 bridgehead atoms. The Morgan fingerprint density at radius 2 is 2.00 bits per heavy atom. The first kappa shape index (κ1) is 17.5. The molecular formula is C17H16F4N6. The van der Waals surface area contributed by atoms with Crippen LogP contribution in [0.1, 0.15) is 18.5 Å². The van der Waals surface area contributed by atoms with Gasteiger partial charge in [-0.15, -0.1) is 0 Å². The molecule has 3 aromatic rings. The minimum Gasteiger partial charge on any atom is -0.367 e. The molecule has 27 heavy (non-hydrogen) atoms. The van der Waals surface area contributed by atoms with Crippen molar-refractivity contribution in [3.05, 3.63) is 48.2 Å². The van der Waals surface area contributed by atoms with Crippen molar-refractivity contribution in [2.75, 3.05) is 23.3 Å². The molecule has 1 aliphatic heterocycles. The maximum atomic E-state index is 14.1. The first-order chi connectivity index (χ1) is 12.9. The third kappa shape index (κ3) is 3.51. The summed E-state index contributed by atoms with van der Waals surface area (Å²) in [7, 11) is 0. The van der Waals surface area contributed by atoms with Crippen molar-refractivity contribution < 1.29 is 17.6 Å². The zero-order valence-corrected chi connectivity index (χ0v) is 14.1. The maximum Gasteiger partial charge on any atom is 0.433 e. The van der Waals surface area contributed by atoms with Gasteiger partial charge in [0.25, 0.3) is 5.78 Å². The molecule has 1 saturated heterocycles. The minimum absolute atomic E-state index is 0.130. The second kappa shape index (κ2) is 6.67. The van der Waals surface area contributed by atoms with Gasteiger partial charge in [-0.1, -0.05) is 12.1 Å². The fourth-order valence-corrected chi connectivity index (χ4v) is 3.29. The summed E-state index contributed by atoms with van der Waals surface area (Å²) in [5.74, 6) is -0.292. The molecule has 6 nitrogen and oxygen atoms in total. The number of nitrogens with zero attached hydrogens (tertiary/aromatic N) is 5. The van der Waals surface area contributed by atoms with E-state index in [4.69, 9.17) is 0 Å². The van der Waals surface area contributed by atoms with Gasteiger partial charge in [0.15, 0.2) is 5.69 Å². The molecule has 2 aromatic heterocycles. The molecule has 10 heteroatoms. The number of nitrogens with one attached hydrogen (secondary N) is 1. The van der Waals surface area contributed by atoms with Crippen LogP contribution in [-0.2, 0) is 6.18 Å². The lowest BCUT2D eigenvalue weighted by molar-refractivity contribution is -0.141. The molecule has 0 saturated carbocycles. The second-order valence-electron chi connectivity index (χ2n) is 6.38. The number of rotatable bonds is 3. The van der Waals surface area contributed by atoms with E-state index in [1.165, 1.54) is 10.6 Å². The summed E-state index contributed by atoms with van der Waals surface area (Å²) in [4.78, 5) is 9.15. The molecule has 0 amide bonds. The molecule has 1 atom stereocenters. The quantitative estimate of drug-likeness (QED) is 0.706. The van der Waals surface area contributed by atoms with E-state index in [9.17, 15) is 17.6 Å². The predicted octanol–water partition coefficient (Wildman–Crippen LogP) is 3.36. The van der Waals surface area contributed by atoms with Gasteiger partial charge < -0.3 is 10.2 Å². The Labute approximate surface area is 151 Å². The van der Waals surface area contributed by atoms with Crippen molar-refractivity contribution in [1.29, 1.82) is 0 Å². The molecule has 0 spiro atoms. The lowest BCUT2D eigenvalue weighted by Crippen LogP contribution is -2.42. The Morgan fingerprint density at radius 3 is 2.78 bits per heavy atom. The number of hydrogen-bond donors (Lipinski definition) is 1. The first-order valence-corrected chi connectivity index (χ1v) is 8.46.